The molecular weight excluding hydrogens is 364 g/mol. The van der Waals surface area contributed by atoms with E-state index in [1.807, 2.05) is 24.3 Å². The highest BCUT2D eigenvalue weighted by molar-refractivity contribution is 6.33. The minimum absolute atomic E-state index is 0.335. The Bertz CT molecular complexity index is 1080. The Morgan fingerprint density at radius 1 is 1.00 bits per heavy atom. The second-order valence-corrected chi connectivity index (χ2v) is 6.02. The van der Waals surface area contributed by atoms with Crippen LogP contribution in [0.2, 0.25) is 5.02 Å². The van der Waals surface area contributed by atoms with E-state index in [1.165, 1.54) is 6.20 Å². The Hall–Kier alpha value is -3.58. The van der Waals surface area contributed by atoms with Crippen LogP contribution in [-0.4, -0.2) is 31.1 Å². The lowest BCUT2D eigenvalue weighted by Gasteiger charge is -2.07. The van der Waals surface area contributed by atoms with E-state index in [4.69, 9.17) is 11.6 Å². The van der Waals surface area contributed by atoms with Crippen LogP contribution in [0.1, 0.15) is 10.4 Å². The lowest BCUT2D eigenvalue weighted by atomic mass is 10.1. The van der Waals surface area contributed by atoms with Crippen LogP contribution < -0.4 is 5.32 Å². The predicted octanol–water partition coefficient (Wildman–Crippen LogP) is 3.83. The first-order valence-electron chi connectivity index (χ1n) is 8.04. The number of hydrogen-bond donors (Lipinski definition) is 2. The topological polar surface area (TPSA) is 96.5 Å². The Morgan fingerprint density at radius 2 is 1.89 bits per heavy atom. The third kappa shape index (κ3) is 3.54. The second kappa shape index (κ2) is 7.35. The molecule has 0 unspecified atom stereocenters. The molecule has 0 aliphatic rings. The number of nitrogens with one attached hydrogen (secondary N) is 2. The molecule has 0 aliphatic heterocycles. The van der Waals surface area contributed by atoms with Gasteiger partial charge in [0.05, 0.1) is 29.3 Å². The molecule has 4 rings (SSSR count). The summed E-state index contributed by atoms with van der Waals surface area (Å²) >= 11 is 6.23. The molecule has 0 bridgehead atoms. The normalized spacial score (nSPS) is 10.6. The van der Waals surface area contributed by atoms with Gasteiger partial charge in [-0.3, -0.25) is 19.9 Å². The van der Waals surface area contributed by atoms with Gasteiger partial charge in [0.15, 0.2) is 0 Å². The summed E-state index contributed by atoms with van der Waals surface area (Å²) in [6, 6.07) is 10.8. The van der Waals surface area contributed by atoms with Gasteiger partial charge in [-0.15, -0.1) is 0 Å². The lowest BCUT2D eigenvalue weighted by molar-refractivity contribution is 0.102. The fourth-order valence-electron chi connectivity index (χ4n) is 2.58. The minimum Gasteiger partial charge on any atom is -0.306 e. The Balaban J connectivity index is 1.56. The van der Waals surface area contributed by atoms with E-state index in [9.17, 15) is 4.79 Å². The van der Waals surface area contributed by atoms with E-state index in [0.717, 1.165) is 5.56 Å². The Morgan fingerprint density at radius 3 is 2.63 bits per heavy atom. The van der Waals surface area contributed by atoms with Crippen LogP contribution in [0.4, 0.5) is 5.82 Å². The molecule has 0 aliphatic carbocycles. The van der Waals surface area contributed by atoms with Gasteiger partial charge in [0.25, 0.3) is 5.91 Å². The number of aromatic nitrogens is 5. The maximum absolute atomic E-state index is 12.7. The summed E-state index contributed by atoms with van der Waals surface area (Å²) in [5, 5.41) is 10.1. The van der Waals surface area contributed by atoms with Crippen molar-refractivity contribution in [3.8, 4) is 22.5 Å². The van der Waals surface area contributed by atoms with Crippen LogP contribution in [0.3, 0.4) is 0 Å². The minimum atomic E-state index is -0.335. The van der Waals surface area contributed by atoms with Gasteiger partial charge in [-0.1, -0.05) is 29.8 Å². The van der Waals surface area contributed by atoms with Crippen LogP contribution in [0.5, 0.6) is 0 Å². The van der Waals surface area contributed by atoms with Crippen molar-refractivity contribution in [2.45, 2.75) is 0 Å². The van der Waals surface area contributed by atoms with Crippen molar-refractivity contribution in [3.05, 3.63) is 78.0 Å². The third-order valence-corrected chi connectivity index (χ3v) is 4.22. The standard InChI is InChI=1S/C19H13ClN6O/c20-15-4-2-1-3-13(15)18-14(10-24-26-18)19(27)25-17-6-5-12(9-23-17)16-11-21-7-8-22-16/h1-11H,(H,24,26)(H,23,25,27). The Kier molecular flexibility index (Phi) is 4.59. The van der Waals surface area contributed by atoms with Crippen LogP contribution in [0, 0.1) is 0 Å². The number of H-pyrrole nitrogens is 1. The second-order valence-electron chi connectivity index (χ2n) is 5.62. The SMILES string of the molecule is O=C(Nc1ccc(-c2cnccn2)cn1)c1cn[nH]c1-c1ccccc1Cl. The number of rotatable bonds is 4. The van der Waals surface area contributed by atoms with Crippen molar-refractivity contribution in [3.63, 3.8) is 0 Å². The van der Waals surface area contributed by atoms with Crippen molar-refractivity contribution in [2.75, 3.05) is 5.32 Å². The smallest absolute Gasteiger partial charge is 0.260 e. The molecule has 7 nitrogen and oxygen atoms in total. The van der Waals surface area contributed by atoms with Gasteiger partial charge >= 0.3 is 0 Å². The summed E-state index contributed by atoms with van der Waals surface area (Å²) < 4.78 is 0. The number of hydrogen-bond acceptors (Lipinski definition) is 5. The van der Waals surface area contributed by atoms with Gasteiger partial charge in [-0.05, 0) is 18.2 Å². The molecule has 2 N–H and O–H groups in total. The quantitative estimate of drug-likeness (QED) is 0.564. The van der Waals surface area contributed by atoms with Crippen molar-refractivity contribution in [1.82, 2.24) is 25.1 Å². The van der Waals surface area contributed by atoms with Crippen LogP contribution in [-0.2, 0) is 0 Å². The number of amides is 1. The molecule has 0 atom stereocenters. The van der Waals surface area contributed by atoms with E-state index in [1.54, 1.807) is 36.9 Å². The predicted molar refractivity (Wildman–Crippen MR) is 102 cm³/mol. The van der Waals surface area contributed by atoms with Gasteiger partial charge in [0.2, 0.25) is 0 Å². The first-order valence-corrected chi connectivity index (χ1v) is 8.42. The molecule has 1 amide bonds. The summed E-state index contributed by atoms with van der Waals surface area (Å²) in [5.74, 6) is 0.0809. The maximum Gasteiger partial charge on any atom is 0.260 e. The summed E-state index contributed by atoms with van der Waals surface area (Å²) in [7, 11) is 0. The number of halogens is 1. The summed E-state index contributed by atoms with van der Waals surface area (Å²) in [6.45, 7) is 0. The fourth-order valence-corrected chi connectivity index (χ4v) is 2.81. The molecule has 3 aromatic heterocycles. The maximum atomic E-state index is 12.7. The molecule has 4 aromatic rings. The highest BCUT2D eigenvalue weighted by atomic mass is 35.5. The highest BCUT2D eigenvalue weighted by Crippen LogP contribution is 2.28. The monoisotopic (exact) mass is 376 g/mol. The molecule has 8 heteroatoms. The van der Waals surface area contributed by atoms with E-state index in [-0.39, 0.29) is 5.91 Å². The van der Waals surface area contributed by atoms with E-state index >= 15 is 0 Å². The average Bonchev–Trinajstić information content (AvgIpc) is 3.19. The average molecular weight is 377 g/mol. The zero-order valence-electron chi connectivity index (χ0n) is 13.9. The van der Waals surface area contributed by atoms with E-state index in [0.29, 0.717) is 33.4 Å². The van der Waals surface area contributed by atoms with Crippen molar-refractivity contribution >= 4 is 23.3 Å². The number of benzene rings is 1. The van der Waals surface area contributed by atoms with Gasteiger partial charge in [-0.2, -0.15) is 5.10 Å². The number of anilines is 1. The molecule has 132 valence electrons. The van der Waals surface area contributed by atoms with Crippen LogP contribution in [0.25, 0.3) is 22.5 Å². The third-order valence-electron chi connectivity index (χ3n) is 3.89. The number of carbonyl (C=O) groups excluding carboxylic acids is 1. The van der Waals surface area contributed by atoms with Crippen LogP contribution >= 0.6 is 11.6 Å². The van der Waals surface area contributed by atoms with Gasteiger partial charge in [0, 0.05) is 34.7 Å². The van der Waals surface area contributed by atoms with Gasteiger partial charge in [-0.25, -0.2) is 4.98 Å². The van der Waals surface area contributed by atoms with Gasteiger partial charge < -0.3 is 5.32 Å². The molecule has 0 saturated heterocycles. The number of aromatic amines is 1. The first-order chi connectivity index (χ1) is 13.2. The zero-order chi connectivity index (χ0) is 18.6. The van der Waals surface area contributed by atoms with Crippen molar-refractivity contribution in [1.29, 1.82) is 0 Å². The fraction of sp³-hybridized carbons (Fsp3) is 0. The molecule has 0 saturated carbocycles. The molecule has 0 radical (unpaired) electrons. The molecule has 1 aromatic carbocycles. The van der Waals surface area contributed by atoms with Crippen molar-refractivity contribution in [2.24, 2.45) is 0 Å². The molecule has 0 spiro atoms. The summed E-state index contributed by atoms with van der Waals surface area (Å²) in [5.41, 5.74) is 3.14. The summed E-state index contributed by atoms with van der Waals surface area (Å²) in [6.07, 6.45) is 7.95. The van der Waals surface area contributed by atoms with E-state index < -0.39 is 0 Å². The Labute approximate surface area is 159 Å². The largest absolute Gasteiger partial charge is 0.306 e. The van der Waals surface area contributed by atoms with Crippen LogP contribution in [0.15, 0.2) is 67.4 Å². The number of pyridine rings is 1. The number of nitrogens with zero attached hydrogens (tertiary/aromatic N) is 4. The van der Waals surface area contributed by atoms with Gasteiger partial charge in [0.1, 0.15) is 5.82 Å². The summed E-state index contributed by atoms with van der Waals surface area (Å²) in [4.78, 5) is 25.2. The molecule has 3 heterocycles. The highest BCUT2D eigenvalue weighted by Gasteiger charge is 2.17. The zero-order valence-corrected chi connectivity index (χ0v) is 14.7. The first kappa shape index (κ1) is 16.9. The number of carbonyl (C=O) groups is 1. The lowest BCUT2D eigenvalue weighted by Crippen LogP contribution is -2.13. The molecule has 27 heavy (non-hydrogen) atoms. The molecular formula is C19H13ClN6O. The molecule has 0 fully saturated rings. The van der Waals surface area contributed by atoms with Crippen molar-refractivity contribution < 1.29 is 4.79 Å². The van der Waals surface area contributed by atoms with E-state index in [2.05, 4.69) is 30.5 Å².